The minimum absolute atomic E-state index is 0.0374. The van der Waals surface area contributed by atoms with Crippen LogP contribution in [-0.4, -0.2) is 29.9 Å². The second-order valence-corrected chi connectivity index (χ2v) is 9.86. The second kappa shape index (κ2) is 11.3. The van der Waals surface area contributed by atoms with Gasteiger partial charge in [0.05, 0.1) is 28.4 Å². The molecule has 0 unspecified atom stereocenters. The number of nitrogens with one attached hydrogen (secondary N) is 1. The third-order valence-electron chi connectivity index (χ3n) is 4.92. The molecule has 2 amide bonds. The summed E-state index contributed by atoms with van der Waals surface area (Å²) in [4.78, 5) is 27.1. The third kappa shape index (κ3) is 5.82. The summed E-state index contributed by atoms with van der Waals surface area (Å²) in [6, 6.07) is 15.8. The molecular formula is C25H17Cl2FN2O4S2. The van der Waals surface area contributed by atoms with Gasteiger partial charge in [-0.05, 0) is 60.2 Å². The maximum absolute atomic E-state index is 13.8. The van der Waals surface area contributed by atoms with Gasteiger partial charge in [0.15, 0.2) is 22.4 Å². The van der Waals surface area contributed by atoms with Crippen LogP contribution in [0, 0.1) is 5.82 Å². The molecule has 36 heavy (non-hydrogen) atoms. The van der Waals surface area contributed by atoms with Gasteiger partial charge in [-0.2, -0.15) is 0 Å². The van der Waals surface area contributed by atoms with Crippen LogP contribution in [-0.2, 0) is 9.59 Å². The van der Waals surface area contributed by atoms with Crippen LogP contribution >= 0.6 is 47.2 Å². The Morgan fingerprint density at radius 3 is 2.58 bits per heavy atom. The van der Waals surface area contributed by atoms with Gasteiger partial charge >= 0.3 is 0 Å². The molecule has 6 nitrogen and oxygen atoms in total. The normalized spacial score (nSPS) is 14.3. The average Bonchev–Trinajstić information content (AvgIpc) is 3.12. The summed E-state index contributed by atoms with van der Waals surface area (Å²) in [6.07, 6.45) is 1.64. The first-order valence-electron chi connectivity index (χ1n) is 10.3. The number of nitrogens with zero attached hydrogens (tertiary/aromatic N) is 1. The minimum Gasteiger partial charge on any atom is -0.493 e. The van der Waals surface area contributed by atoms with Crippen LogP contribution in [0.2, 0.25) is 10.0 Å². The van der Waals surface area contributed by atoms with Gasteiger partial charge in [-0.25, -0.2) is 4.39 Å². The molecule has 3 aromatic carbocycles. The molecule has 1 aliphatic rings. The number of carbonyl (C=O) groups excluding carboxylic acids is 2. The minimum atomic E-state index is -0.576. The van der Waals surface area contributed by atoms with Crippen molar-refractivity contribution in [2.24, 2.45) is 0 Å². The summed E-state index contributed by atoms with van der Waals surface area (Å²) in [5.74, 6) is -1.04. The maximum atomic E-state index is 13.8. The van der Waals surface area contributed by atoms with E-state index in [0.29, 0.717) is 25.5 Å². The smallest absolute Gasteiger partial charge is 0.270 e. The lowest BCUT2D eigenvalue weighted by Crippen LogP contribution is -2.27. The van der Waals surface area contributed by atoms with E-state index in [1.807, 2.05) is 0 Å². The van der Waals surface area contributed by atoms with Crippen LogP contribution in [0.15, 0.2) is 65.6 Å². The average molecular weight is 563 g/mol. The van der Waals surface area contributed by atoms with Crippen molar-refractivity contribution >= 4 is 80.8 Å². The van der Waals surface area contributed by atoms with E-state index in [4.69, 9.17) is 44.9 Å². The molecule has 0 spiro atoms. The Balaban J connectivity index is 1.50. The summed E-state index contributed by atoms with van der Waals surface area (Å²) >= 11 is 18.9. The fourth-order valence-corrected chi connectivity index (χ4v) is 4.98. The molecule has 0 radical (unpaired) electrons. The highest BCUT2D eigenvalue weighted by atomic mass is 35.5. The van der Waals surface area contributed by atoms with Gasteiger partial charge in [0.1, 0.15) is 5.82 Å². The first kappa shape index (κ1) is 26.0. The van der Waals surface area contributed by atoms with Crippen molar-refractivity contribution < 1.29 is 23.5 Å². The number of benzene rings is 3. The number of methoxy groups -OCH3 is 1. The molecule has 0 bridgehead atoms. The van der Waals surface area contributed by atoms with Gasteiger partial charge < -0.3 is 14.8 Å². The van der Waals surface area contributed by atoms with Gasteiger partial charge in [0.25, 0.3) is 11.8 Å². The van der Waals surface area contributed by atoms with E-state index >= 15 is 0 Å². The Hall–Kier alpha value is -3.11. The van der Waals surface area contributed by atoms with E-state index in [0.717, 1.165) is 11.8 Å². The van der Waals surface area contributed by atoms with E-state index < -0.39 is 18.3 Å². The summed E-state index contributed by atoms with van der Waals surface area (Å²) in [7, 11) is 1.42. The first-order valence-corrected chi connectivity index (χ1v) is 12.3. The SMILES string of the molecule is COc1cc(/C=C2\SC(=S)N(c3ccc(Cl)cc3)C2=O)cc(Cl)c1OCC(=O)Nc1ccccc1F. The van der Waals surface area contributed by atoms with Crippen molar-refractivity contribution in [1.29, 1.82) is 0 Å². The number of hydrogen-bond donors (Lipinski definition) is 1. The van der Waals surface area contributed by atoms with E-state index in [2.05, 4.69) is 5.32 Å². The molecule has 0 aromatic heterocycles. The zero-order chi connectivity index (χ0) is 25.8. The number of ether oxygens (including phenoxy) is 2. The Bertz CT molecular complexity index is 1380. The van der Waals surface area contributed by atoms with Crippen molar-refractivity contribution in [2.75, 3.05) is 23.9 Å². The standard InChI is InChI=1S/C25H17Cl2FN2O4S2/c1-33-20-11-14(12-21-24(32)30(25(35)36-21)16-8-6-15(26)7-9-16)10-17(27)23(20)34-13-22(31)29-19-5-3-2-4-18(19)28/h2-12H,13H2,1H3,(H,29,31)/b21-12-. The molecule has 1 heterocycles. The van der Waals surface area contributed by atoms with Gasteiger partial charge in [0, 0.05) is 5.02 Å². The molecule has 184 valence electrons. The molecule has 1 aliphatic heterocycles. The van der Waals surface area contributed by atoms with E-state index in [1.165, 1.54) is 30.2 Å². The summed E-state index contributed by atoms with van der Waals surface area (Å²) < 4.78 is 25.1. The number of carbonyl (C=O) groups is 2. The van der Waals surface area contributed by atoms with E-state index in [9.17, 15) is 14.0 Å². The molecule has 0 atom stereocenters. The molecule has 4 rings (SSSR count). The summed E-state index contributed by atoms with van der Waals surface area (Å²) in [6.45, 7) is -0.427. The van der Waals surface area contributed by atoms with E-state index in [-0.39, 0.29) is 28.1 Å². The quantitative estimate of drug-likeness (QED) is 0.259. The Labute approximate surface area is 226 Å². The zero-order valence-electron chi connectivity index (χ0n) is 18.6. The van der Waals surface area contributed by atoms with Gasteiger partial charge in [0.2, 0.25) is 0 Å². The topological polar surface area (TPSA) is 67.9 Å². The number of anilines is 2. The Kier molecular flexibility index (Phi) is 8.15. The van der Waals surface area contributed by atoms with Gasteiger partial charge in [-0.1, -0.05) is 59.3 Å². The second-order valence-electron chi connectivity index (χ2n) is 7.34. The fourth-order valence-electron chi connectivity index (χ4n) is 3.28. The van der Waals surface area contributed by atoms with Crippen molar-refractivity contribution in [3.8, 4) is 11.5 Å². The molecule has 0 aliphatic carbocycles. The lowest BCUT2D eigenvalue weighted by Gasteiger charge is -2.14. The molecule has 1 fully saturated rings. The largest absolute Gasteiger partial charge is 0.493 e. The third-order valence-corrected chi connectivity index (χ3v) is 6.76. The Morgan fingerprint density at radius 2 is 1.89 bits per heavy atom. The van der Waals surface area contributed by atoms with Crippen LogP contribution in [0.5, 0.6) is 11.5 Å². The van der Waals surface area contributed by atoms with Crippen LogP contribution in [0.3, 0.4) is 0 Å². The molecule has 0 saturated carbocycles. The number of thiocarbonyl (C=S) groups is 1. The number of amides is 2. The summed E-state index contributed by atoms with van der Waals surface area (Å²) in [5, 5.41) is 3.14. The number of para-hydroxylation sites is 1. The van der Waals surface area contributed by atoms with Crippen LogP contribution < -0.4 is 19.7 Å². The van der Waals surface area contributed by atoms with Crippen LogP contribution in [0.25, 0.3) is 6.08 Å². The molecule has 3 aromatic rings. The predicted molar refractivity (Wildman–Crippen MR) is 146 cm³/mol. The lowest BCUT2D eigenvalue weighted by atomic mass is 10.1. The Morgan fingerprint density at radius 1 is 1.17 bits per heavy atom. The maximum Gasteiger partial charge on any atom is 0.270 e. The highest BCUT2D eigenvalue weighted by Gasteiger charge is 2.33. The molecule has 11 heteroatoms. The fraction of sp³-hybridized carbons (Fsp3) is 0.0800. The van der Waals surface area contributed by atoms with Gasteiger partial charge in [-0.3, -0.25) is 14.5 Å². The summed E-state index contributed by atoms with van der Waals surface area (Å²) in [5.41, 5.74) is 1.21. The highest BCUT2D eigenvalue weighted by molar-refractivity contribution is 8.27. The molecule has 1 N–H and O–H groups in total. The van der Waals surface area contributed by atoms with Crippen molar-refractivity contribution in [3.63, 3.8) is 0 Å². The van der Waals surface area contributed by atoms with Crippen molar-refractivity contribution in [1.82, 2.24) is 0 Å². The number of halogens is 3. The van der Waals surface area contributed by atoms with Crippen molar-refractivity contribution in [3.05, 3.63) is 87.0 Å². The number of thioether (sulfide) groups is 1. The van der Waals surface area contributed by atoms with Gasteiger partial charge in [-0.15, -0.1) is 0 Å². The predicted octanol–water partition coefficient (Wildman–Crippen LogP) is 6.56. The monoisotopic (exact) mass is 562 g/mol. The van der Waals surface area contributed by atoms with E-state index in [1.54, 1.807) is 48.5 Å². The van der Waals surface area contributed by atoms with Crippen LogP contribution in [0.1, 0.15) is 5.56 Å². The van der Waals surface area contributed by atoms with Crippen LogP contribution in [0.4, 0.5) is 15.8 Å². The number of hydrogen-bond acceptors (Lipinski definition) is 6. The zero-order valence-corrected chi connectivity index (χ0v) is 21.7. The first-order chi connectivity index (χ1) is 17.3. The number of rotatable bonds is 7. The molecule has 1 saturated heterocycles. The lowest BCUT2D eigenvalue weighted by molar-refractivity contribution is -0.118. The van der Waals surface area contributed by atoms with Crippen molar-refractivity contribution in [2.45, 2.75) is 0 Å². The highest BCUT2D eigenvalue weighted by Crippen LogP contribution is 2.40. The molecular weight excluding hydrogens is 546 g/mol.